The second-order valence-electron chi connectivity index (χ2n) is 7.29. The fourth-order valence-corrected chi connectivity index (χ4v) is 4.77. The van der Waals surface area contributed by atoms with E-state index in [1.807, 2.05) is 42.5 Å². The molecule has 164 valence electrons. The van der Waals surface area contributed by atoms with Crippen molar-refractivity contribution in [2.24, 2.45) is 0 Å². The van der Waals surface area contributed by atoms with Crippen LogP contribution in [-0.2, 0) is 15.8 Å². The number of hydrogen-bond acceptors (Lipinski definition) is 3. The maximum atomic E-state index is 13.1. The quantitative estimate of drug-likeness (QED) is 0.531. The van der Waals surface area contributed by atoms with E-state index in [1.165, 1.54) is 17.0 Å². The standard InChI is InChI=1S/C24H19F3N2O2S/c25-24(26,27)17-10-12-18(13-11-17)28-22(30)15-29-19-8-4-5-9-20(19)32-21(14-23(29)31)16-6-2-1-3-7-16/h1-13,21H,14-15H2,(H,28,30). The average Bonchev–Trinajstić information content (AvgIpc) is 2.91. The lowest BCUT2D eigenvalue weighted by Gasteiger charge is -2.22. The van der Waals surface area contributed by atoms with Gasteiger partial charge in [0.15, 0.2) is 0 Å². The van der Waals surface area contributed by atoms with Crippen LogP contribution in [0.2, 0.25) is 0 Å². The van der Waals surface area contributed by atoms with Gasteiger partial charge in [-0.1, -0.05) is 42.5 Å². The molecule has 2 amide bonds. The number of amides is 2. The Morgan fingerprint density at radius 2 is 1.62 bits per heavy atom. The number of nitrogens with zero attached hydrogens (tertiary/aromatic N) is 1. The zero-order chi connectivity index (χ0) is 22.7. The monoisotopic (exact) mass is 456 g/mol. The fourth-order valence-electron chi connectivity index (χ4n) is 3.49. The molecule has 0 aromatic heterocycles. The number of rotatable bonds is 4. The lowest BCUT2D eigenvalue weighted by Crippen LogP contribution is -2.38. The molecule has 32 heavy (non-hydrogen) atoms. The van der Waals surface area contributed by atoms with Gasteiger partial charge in [0, 0.05) is 22.3 Å². The summed E-state index contributed by atoms with van der Waals surface area (Å²) in [6.07, 6.45) is -4.23. The van der Waals surface area contributed by atoms with Crippen LogP contribution in [0.25, 0.3) is 0 Å². The molecule has 1 aliphatic rings. The van der Waals surface area contributed by atoms with E-state index < -0.39 is 17.6 Å². The molecule has 3 aromatic rings. The molecule has 3 aromatic carbocycles. The van der Waals surface area contributed by atoms with E-state index in [2.05, 4.69) is 5.32 Å². The first-order valence-electron chi connectivity index (χ1n) is 9.89. The minimum absolute atomic E-state index is 0.0900. The number of carbonyl (C=O) groups is 2. The van der Waals surface area contributed by atoms with Crippen LogP contribution in [0, 0.1) is 0 Å². The summed E-state index contributed by atoms with van der Waals surface area (Å²) in [5, 5.41) is 2.49. The van der Waals surface area contributed by atoms with Crippen molar-refractivity contribution >= 4 is 35.0 Å². The molecular formula is C24H19F3N2O2S. The van der Waals surface area contributed by atoms with Crippen LogP contribution in [-0.4, -0.2) is 18.4 Å². The van der Waals surface area contributed by atoms with Crippen LogP contribution in [0.1, 0.15) is 22.8 Å². The molecule has 4 nitrogen and oxygen atoms in total. The molecule has 4 rings (SSSR count). The summed E-state index contributed by atoms with van der Waals surface area (Å²) in [5.74, 6) is -0.685. The van der Waals surface area contributed by atoms with E-state index in [0.29, 0.717) is 5.69 Å². The van der Waals surface area contributed by atoms with Gasteiger partial charge in [0.05, 0.1) is 11.3 Å². The van der Waals surface area contributed by atoms with E-state index in [-0.39, 0.29) is 29.8 Å². The second-order valence-corrected chi connectivity index (χ2v) is 8.54. The smallest absolute Gasteiger partial charge is 0.325 e. The van der Waals surface area contributed by atoms with E-state index in [1.54, 1.807) is 23.9 Å². The average molecular weight is 456 g/mol. The van der Waals surface area contributed by atoms with Crippen molar-refractivity contribution < 1.29 is 22.8 Å². The van der Waals surface area contributed by atoms with Crippen LogP contribution >= 0.6 is 11.8 Å². The third kappa shape index (κ3) is 4.96. The lowest BCUT2D eigenvalue weighted by atomic mass is 10.1. The van der Waals surface area contributed by atoms with Gasteiger partial charge in [-0.15, -0.1) is 11.8 Å². The molecule has 1 N–H and O–H groups in total. The molecule has 0 fully saturated rings. The maximum absolute atomic E-state index is 13.1. The highest BCUT2D eigenvalue weighted by molar-refractivity contribution is 7.99. The number of thioether (sulfide) groups is 1. The first kappa shape index (κ1) is 22.0. The van der Waals surface area contributed by atoms with Crippen molar-refractivity contribution in [3.63, 3.8) is 0 Å². The largest absolute Gasteiger partial charge is 0.416 e. The predicted molar refractivity (Wildman–Crippen MR) is 119 cm³/mol. The van der Waals surface area contributed by atoms with Crippen LogP contribution < -0.4 is 10.2 Å². The Hall–Kier alpha value is -3.26. The lowest BCUT2D eigenvalue weighted by molar-refractivity contribution is -0.137. The molecule has 1 atom stereocenters. The number of hydrogen-bond donors (Lipinski definition) is 1. The molecule has 1 heterocycles. The van der Waals surface area contributed by atoms with E-state index in [0.717, 1.165) is 22.6 Å². The number of para-hydroxylation sites is 1. The zero-order valence-corrected chi connectivity index (χ0v) is 17.6. The Balaban J connectivity index is 1.53. The Bertz CT molecular complexity index is 1120. The Morgan fingerprint density at radius 1 is 0.969 bits per heavy atom. The van der Waals surface area contributed by atoms with Gasteiger partial charge < -0.3 is 10.2 Å². The van der Waals surface area contributed by atoms with E-state index >= 15 is 0 Å². The Kier molecular flexibility index (Phi) is 6.23. The minimum atomic E-state index is -4.45. The van der Waals surface area contributed by atoms with Gasteiger partial charge in [-0.25, -0.2) is 0 Å². The van der Waals surface area contributed by atoms with Crippen LogP contribution in [0.15, 0.2) is 83.8 Å². The van der Waals surface area contributed by atoms with Crippen LogP contribution in [0.5, 0.6) is 0 Å². The number of anilines is 2. The molecule has 0 aliphatic carbocycles. The van der Waals surface area contributed by atoms with Gasteiger partial charge in [0.2, 0.25) is 11.8 Å². The summed E-state index contributed by atoms with van der Waals surface area (Å²) in [7, 11) is 0. The molecule has 1 unspecified atom stereocenters. The van der Waals surface area contributed by atoms with Gasteiger partial charge >= 0.3 is 6.18 Å². The summed E-state index contributed by atoms with van der Waals surface area (Å²) in [6.45, 7) is -0.237. The van der Waals surface area contributed by atoms with Gasteiger partial charge in [-0.3, -0.25) is 9.59 Å². The van der Waals surface area contributed by atoms with E-state index in [9.17, 15) is 22.8 Å². The molecule has 0 radical (unpaired) electrons. The molecule has 8 heteroatoms. The number of nitrogens with one attached hydrogen (secondary N) is 1. The first-order valence-corrected chi connectivity index (χ1v) is 10.8. The molecular weight excluding hydrogens is 437 g/mol. The van der Waals surface area contributed by atoms with Crippen molar-refractivity contribution in [3.8, 4) is 0 Å². The molecule has 0 saturated carbocycles. The summed E-state index contributed by atoms with van der Waals surface area (Å²) < 4.78 is 38.2. The fraction of sp³-hybridized carbons (Fsp3) is 0.167. The van der Waals surface area contributed by atoms with Crippen LogP contribution in [0.4, 0.5) is 24.5 Å². The molecule has 0 bridgehead atoms. The highest BCUT2D eigenvalue weighted by atomic mass is 32.2. The van der Waals surface area contributed by atoms with Gasteiger partial charge in [0.25, 0.3) is 0 Å². The predicted octanol–water partition coefficient (Wildman–Crippen LogP) is 5.91. The summed E-state index contributed by atoms with van der Waals surface area (Å²) in [6, 6.07) is 21.3. The van der Waals surface area contributed by atoms with Crippen LogP contribution in [0.3, 0.4) is 0 Å². The summed E-state index contributed by atoms with van der Waals surface area (Å²) in [4.78, 5) is 28.1. The maximum Gasteiger partial charge on any atom is 0.416 e. The molecule has 1 aliphatic heterocycles. The van der Waals surface area contributed by atoms with Gasteiger partial charge in [0.1, 0.15) is 6.54 Å². The number of alkyl halides is 3. The highest BCUT2D eigenvalue weighted by Crippen LogP contribution is 2.45. The number of halogens is 3. The zero-order valence-electron chi connectivity index (χ0n) is 16.8. The Labute approximate surface area is 187 Å². The number of benzene rings is 3. The summed E-state index contributed by atoms with van der Waals surface area (Å²) in [5.41, 5.74) is 1.10. The highest BCUT2D eigenvalue weighted by Gasteiger charge is 2.31. The first-order chi connectivity index (χ1) is 15.3. The van der Waals surface area contributed by atoms with Crippen molar-refractivity contribution in [2.75, 3.05) is 16.8 Å². The Morgan fingerprint density at radius 3 is 2.31 bits per heavy atom. The van der Waals surface area contributed by atoms with Gasteiger partial charge in [-0.05, 0) is 42.0 Å². The third-order valence-corrected chi connectivity index (χ3v) is 6.38. The van der Waals surface area contributed by atoms with E-state index in [4.69, 9.17) is 0 Å². The van der Waals surface area contributed by atoms with Crippen molar-refractivity contribution in [3.05, 3.63) is 90.0 Å². The van der Waals surface area contributed by atoms with Crippen molar-refractivity contribution in [1.29, 1.82) is 0 Å². The summed E-state index contributed by atoms with van der Waals surface area (Å²) >= 11 is 1.57. The number of fused-ring (bicyclic) bond motifs is 1. The normalized spacial score (nSPS) is 16.3. The molecule has 0 spiro atoms. The van der Waals surface area contributed by atoms with Crippen molar-refractivity contribution in [1.82, 2.24) is 0 Å². The second kappa shape index (κ2) is 9.08. The minimum Gasteiger partial charge on any atom is -0.325 e. The SMILES string of the molecule is O=C(CN1C(=O)CC(c2ccccc2)Sc2ccccc21)Nc1ccc(C(F)(F)F)cc1. The van der Waals surface area contributed by atoms with Crippen molar-refractivity contribution in [2.45, 2.75) is 22.7 Å². The topological polar surface area (TPSA) is 49.4 Å². The van der Waals surface area contributed by atoms with Gasteiger partial charge in [-0.2, -0.15) is 13.2 Å². The third-order valence-electron chi connectivity index (χ3n) is 5.06. The molecule has 0 saturated heterocycles. The number of carbonyl (C=O) groups excluding carboxylic acids is 2.